The molecular weight excluding hydrogens is 164 g/mol. The van der Waals surface area contributed by atoms with Gasteiger partial charge in [0, 0.05) is 6.04 Å². The molecule has 0 bridgehead atoms. The fourth-order valence-corrected chi connectivity index (χ4v) is 1.30. The van der Waals surface area contributed by atoms with Gasteiger partial charge in [0.25, 0.3) is 0 Å². The average molecular weight is 176 g/mol. The molecule has 1 aromatic rings. The maximum Gasteiger partial charge on any atom is 0.103 e. The number of hydrogen-bond acceptors (Lipinski definition) is 3. The molecule has 1 aromatic heterocycles. The first-order chi connectivity index (χ1) is 6.18. The first-order valence-corrected chi connectivity index (χ1v) is 4.51. The molecule has 13 heavy (non-hydrogen) atoms. The molecule has 1 aliphatic rings. The van der Waals surface area contributed by atoms with Gasteiger partial charge < -0.3 is 0 Å². The Labute approximate surface area is 77.2 Å². The summed E-state index contributed by atoms with van der Waals surface area (Å²) in [6, 6.07) is 2.62. The second-order valence-electron chi connectivity index (χ2n) is 3.87. The van der Waals surface area contributed by atoms with E-state index in [-0.39, 0.29) is 5.41 Å². The van der Waals surface area contributed by atoms with E-state index in [1.54, 1.807) is 4.68 Å². The molecule has 0 unspecified atom stereocenters. The van der Waals surface area contributed by atoms with E-state index in [2.05, 4.69) is 16.4 Å². The lowest BCUT2D eigenvalue weighted by molar-refractivity contribution is 0.514. The summed E-state index contributed by atoms with van der Waals surface area (Å²) in [5.74, 6) is 0. The molecule has 0 radical (unpaired) electrons. The second-order valence-corrected chi connectivity index (χ2v) is 3.87. The van der Waals surface area contributed by atoms with Crippen molar-refractivity contribution in [1.29, 1.82) is 5.26 Å². The topological polar surface area (TPSA) is 54.5 Å². The third kappa shape index (κ3) is 1.21. The van der Waals surface area contributed by atoms with Gasteiger partial charge in [0.15, 0.2) is 0 Å². The Morgan fingerprint density at radius 2 is 2.31 bits per heavy atom. The summed E-state index contributed by atoms with van der Waals surface area (Å²) in [7, 11) is 0. The van der Waals surface area contributed by atoms with Crippen molar-refractivity contribution in [2.75, 3.05) is 0 Å². The Morgan fingerprint density at radius 3 is 2.69 bits per heavy atom. The van der Waals surface area contributed by atoms with E-state index in [1.807, 2.05) is 20.0 Å². The van der Waals surface area contributed by atoms with Crippen molar-refractivity contribution >= 4 is 0 Å². The number of nitriles is 1. The van der Waals surface area contributed by atoms with Crippen LogP contribution >= 0.6 is 0 Å². The van der Waals surface area contributed by atoms with Gasteiger partial charge in [0.2, 0.25) is 0 Å². The molecule has 1 aliphatic carbocycles. The molecule has 0 aromatic carbocycles. The molecule has 0 atom stereocenters. The number of nitrogens with zero attached hydrogens (tertiary/aromatic N) is 4. The highest BCUT2D eigenvalue weighted by molar-refractivity contribution is 5.31. The molecular formula is C9H12N4. The first kappa shape index (κ1) is 8.24. The minimum atomic E-state index is -0.298. The largest absolute Gasteiger partial charge is 0.250 e. The van der Waals surface area contributed by atoms with Gasteiger partial charge in [-0.2, -0.15) is 5.26 Å². The Morgan fingerprint density at radius 1 is 1.62 bits per heavy atom. The zero-order chi connectivity index (χ0) is 9.47. The number of aromatic nitrogens is 3. The lowest BCUT2D eigenvalue weighted by Crippen LogP contribution is -2.03. The van der Waals surface area contributed by atoms with Crippen molar-refractivity contribution in [2.45, 2.75) is 38.1 Å². The smallest absolute Gasteiger partial charge is 0.103 e. The van der Waals surface area contributed by atoms with Crippen molar-refractivity contribution < 1.29 is 0 Å². The Balaban J connectivity index is 2.29. The molecule has 1 heterocycles. The highest BCUT2D eigenvalue weighted by Crippen LogP contribution is 2.46. The van der Waals surface area contributed by atoms with Crippen molar-refractivity contribution in [3.63, 3.8) is 0 Å². The van der Waals surface area contributed by atoms with Crippen LogP contribution < -0.4 is 0 Å². The molecule has 4 heteroatoms. The van der Waals surface area contributed by atoms with Crippen LogP contribution in [0.3, 0.4) is 0 Å². The second kappa shape index (κ2) is 2.56. The van der Waals surface area contributed by atoms with Gasteiger partial charge in [-0.3, -0.25) is 0 Å². The van der Waals surface area contributed by atoms with Gasteiger partial charge in [0.1, 0.15) is 11.1 Å². The fraction of sp³-hybridized carbons (Fsp3) is 0.667. The van der Waals surface area contributed by atoms with Crippen molar-refractivity contribution in [1.82, 2.24) is 15.0 Å². The van der Waals surface area contributed by atoms with Crippen LogP contribution in [0.2, 0.25) is 0 Å². The van der Waals surface area contributed by atoms with Crippen LogP contribution in [0.4, 0.5) is 0 Å². The maximum atomic E-state index is 8.93. The summed E-state index contributed by atoms with van der Waals surface area (Å²) in [6.45, 7) is 4.09. The zero-order valence-corrected chi connectivity index (χ0v) is 7.86. The molecule has 68 valence electrons. The van der Waals surface area contributed by atoms with Gasteiger partial charge in [-0.05, 0) is 26.7 Å². The van der Waals surface area contributed by atoms with Gasteiger partial charge in [0.05, 0.1) is 12.3 Å². The lowest BCUT2D eigenvalue weighted by Gasteiger charge is -2.01. The molecule has 1 fully saturated rings. The van der Waals surface area contributed by atoms with E-state index < -0.39 is 0 Å². The molecule has 1 saturated carbocycles. The minimum absolute atomic E-state index is 0.298. The Kier molecular flexibility index (Phi) is 1.62. The quantitative estimate of drug-likeness (QED) is 0.684. The van der Waals surface area contributed by atoms with E-state index >= 15 is 0 Å². The molecule has 2 rings (SSSR count). The average Bonchev–Trinajstić information content (AvgIpc) is 2.75. The van der Waals surface area contributed by atoms with Gasteiger partial charge in [-0.25, -0.2) is 4.68 Å². The number of hydrogen-bond donors (Lipinski definition) is 0. The predicted molar refractivity (Wildman–Crippen MR) is 46.9 cm³/mol. The van der Waals surface area contributed by atoms with E-state index in [9.17, 15) is 0 Å². The number of rotatable bonds is 2. The molecule has 0 saturated heterocycles. The van der Waals surface area contributed by atoms with E-state index in [4.69, 9.17) is 5.26 Å². The molecule has 0 aliphatic heterocycles. The van der Waals surface area contributed by atoms with Gasteiger partial charge in [-0.1, -0.05) is 5.21 Å². The third-order valence-corrected chi connectivity index (χ3v) is 2.49. The third-order valence-electron chi connectivity index (χ3n) is 2.49. The molecule has 0 N–H and O–H groups in total. The first-order valence-electron chi connectivity index (χ1n) is 4.51. The molecule has 0 spiro atoms. The zero-order valence-electron chi connectivity index (χ0n) is 7.86. The van der Waals surface area contributed by atoms with E-state index in [0.29, 0.717) is 6.04 Å². The fourth-order valence-electron chi connectivity index (χ4n) is 1.30. The van der Waals surface area contributed by atoms with Gasteiger partial charge >= 0.3 is 0 Å². The van der Waals surface area contributed by atoms with Crippen LogP contribution in [0.1, 0.15) is 38.4 Å². The standard InChI is InChI=1S/C9H12N4/c1-7(2)13-5-8(11-12-13)9(6-10)3-4-9/h5,7H,3-4H2,1-2H3. The van der Waals surface area contributed by atoms with Crippen LogP contribution in [0.25, 0.3) is 0 Å². The highest BCUT2D eigenvalue weighted by atomic mass is 15.4. The van der Waals surface area contributed by atoms with E-state index in [1.165, 1.54) is 0 Å². The Hall–Kier alpha value is -1.37. The van der Waals surface area contributed by atoms with Crippen LogP contribution in [-0.4, -0.2) is 15.0 Å². The van der Waals surface area contributed by atoms with Crippen LogP contribution in [0, 0.1) is 11.3 Å². The van der Waals surface area contributed by atoms with Crippen LogP contribution in [0.15, 0.2) is 6.20 Å². The van der Waals surface area contributed by atoms with Crippen molar-refractivity contribution in [3.8, 4) is 6.07 Å². The summed E-state index contributed by atoms with van der Waals surface area (Å²) < 4.78 is 1.80. The van der Waals surface area contributed by atoms with Crippen molar-refractivity contribution in [2.24, 2.45) is 0 Å². The molecule has 0 amide bonds. The highest BCUT2D eigenvalue weighted by Gasteiger charge is 2.47. The predicted octanol–water partition coefficient (Wildman–Crippen LogP) is 1.41. The van der Waals surface area contributed by atoms with Crippen LogP contribution in [0.5, 0.6) is 0 Å². The Bertz CT molecular complexity index is 354. The minimum Gasteiger partial charge on any atom is -0.250 e. The van der Waals surface area contributed by atoms with Crippen molar-refractivity contribution in [3.05, 3.63) is 11.9 Å². The monoisotopic (exact) mass is 176 g/mol. The summed E-state index contributed by atoms with van der Waals surface area (Å²) in [4.78, 5) is 0. The lowest BCUT2D eigenvalue weighted by atomic mass is 10.1. The summed E-state index contributed by atoms with van der Waals surface area (Å²) in [5, 5.41) is 16.9. The molecule has 4 nitrogen and oxygen atoms in total. The maximum absolute atomic E-state index is 8.93. The summed E-state index contributed by atoms with van der Waals surface area (Å²) in [6.07, 6.45) is 3.75. The summed E-state index contributed by atoms with van der Waals surface area (Å²) >= 11 is 0. The van der Waals surface area contributed by atoms with E-state index in [0.717, 1.165) is 18.5 Å². The normalized spacial score (nSPS) is 18.6. The summed E-state index contributed by atoms with van der Waals surface area (Å²) in [5.41, 5.74) is 0.538. The van der Waals surface area contributed by atoms with Crippen LogP contribution in [-0.2, 0) is 5.41 Å². The van der Waals surface area contributed by atoms with Gasteiger partial charge in [-0.15, -0.1) is 5.10 Å². The SMILES string of the molecule is CC(C)n1cc(C2(C#N)CC2)nn1.